The first-order valence-corrected chi connectivity index (χ1v) is 4.66. The number of amidine groups is 1. The molecule has 13 heavy (non-hydrogen) atoms. The van der Waals surface area contributed by atoms with E-state index in [1.807, 2.05) is 37.3 Å². The Morgan fingerprint density at radius 3 is 2.38 bits per heavy atom. The van der Waals surface area contributed by atoms with Gasteiger partial charge in [-0.1, -0.05) is 0 Å². The molecule has 0 aliphatic carbocycles. The Morgan fingerprint density at radius 2 is 1.85 bits per heavy atom. The van der Waals surface area contributed by atoms with Gasteiger partial charge in [0.1, 0.15) is 0 Å². The number of hydrogen-bond donors (Lipinski definition) is 1. The molecule has 0 aliphatic rings. The van der Waals surface area contributed by atoms with E-state index in [2.05, 4.69) is 26.2 Å². The van der Waals surface area contributed by atoms with Crippen LogP contribution in [-0.2, 0) is 0 Å². The maximum absolute atomic E-state index is 5.31. The second-order valence-electron chi connectivity index (χ2n) is 2.49. The molecule has 0 heterocycles. The van der Waals surface area contributed by atoms with Crippen molar-refractivity contribution in [3.63, 3.8) is 0 Å². The molecule has 1 radical (unpaired) electrons. The van der Waals surface area contributed by atoms with Gasteiger partial charge in [0, 0.05) is 0 Å². The van der Waals surface area contributed by atoms with Crippen molar-refractivity contribution in [2.75, 3.05) is 0 Å². The van der Waals surface area contributed by atoms with Crippen molar-refractivity contribution in [3.8, 4) is 0 Å². The number of nitrogens with two attached hydrogens (primary N) is 1. The van der Waals surface area contributed by atoms with E-state index in [9.17, 15) is 0 Å². The summed E-state index contributed by atoms with van der Waals surface area (Å²) in [5, 5.41) is 7.67. The van der Waals surface area contributed by atoms with Gasteiger partial charge in [-0.25, -0.2) is 0 Å². The van der Waals surface area contributed by atoms with E-state index in [-0.39, 0.29) is 0 Å². The van der Waals surface area contributed by atoms with Gasteiger partial charge in [-0.3, -0.25) is 0 Å². The van der Waals surface area contributed by atoms with Crippen molar-refractivity contribution in [1.82, 2.24) is 0 Å². The Kier molecular flexibility index (Phi) is 3.68. The van der Waals surface area contributed by atoms with Gasteiger partial charge in [0.2, 0.25) is 0 Å². The molecular formula is C9H10N3Se. The molecule has 0 spiro atoms. The van der Waals surface area contributed by atoms with Crippen LogP contribution in [-0.4, -0.2) is 26.5 Å². The molecule has 0 aromatic heterocycles. The van der Waals surface area contributed by atoms with Crippen LogP contribution in [0, 0.1) is 0 Å². The summed E-state index contributed by atoms with van der Waals surface area (Å²) in [7, 11) is 0. The summed E-state index contributed by atoms with van der Waals surface area (Å²) in [5.41, 5.74) is 7.20. The second-order valence-corrected chi connectivity index (χ2v) is 3.37. The van der Waals surface area contributed by atoms with Gasteiger partial charge < -0.3 is 0 Å². The minimum atomic E-state index is 0.343. The predicted molar refractivity (Wildman–Crippen MR) is 56.0 cm³/mol. The topological polar surface area (TPSA) is 50.7 Å². The first-order chi connectivity index (χ1) is 6.20. The van der Waals surface area contributed by atoms with Gasteiger partial charge in [-0.05, 0) is 0 Å². The first kappa shape index (κ1) is 9.96. The van der Waals surface area contributed by atoms with E-state index in [0.717, 1.165) is 11.3 Å². The van der Waals surface area contributed by atoms with Crippen LogP contribution in [0.1, 0.15) is 12.5 Å². The molecule has 0 bridgehead atoms. The summed E-state index contributed by atoms with van der Waals surface area (Å²) in [4.78, 5) is 0. The summed E-state index contributed by atoms with van der Waals surface area (Å²) >= 11 is 2.57. The molecule has 4 heteroatoms. The number of benzene rings is 1. The quantitative estimate of drug-likeness (QED) is 0.354. The molecule has 2 N–H and O–H groups in total. The molecule has 0 saturated heterocycles. The van der Waals surface area contributed by atoms with Gasteiger partial charge in [0.15, 0.2) is 0 Å². The normalized spacial score (nSPS) is 13.0. The Hall–Kier alpha value is -1.12. The van der Waals surface area contributed by atoms with Crippen LogP contribution in [0.4, 0.5) is 0 Å². The third-order valence-electron chi connectivity index (χ3n) is 1.49. The van der Waals surface area contributed by atoms with E-state index >= 15 is 0 Å². The van der Waals surface area contributed by atoms with Gasteiger partial charge in [0.25, 0.3) is 0 Å². The van der Waals surface area contributed by atoms with Crippen LogP contribution in [0.3, 0.4) is 0 Å². The van der Waals surface area contributed by atoms with Crippen LogP contribution in [0.5, 0.6) is 0 Å². The summed E-state index contributed by atoms with van der Waals surface area (Å²) < 4.78 is 0.343. The molecule has 1 aromatic carbocycles. The van der Waals surface area contributed by atoms with Crippen molar-refractivity contribution < 1.29 is 0 Å². The van der Waals surface area contributed by atoms with Crippen molar-refractivity contribution in [2.24, 2.45) is 15.9 Å². The fourth-order valence-electron chi connectivity index (χ4n) is 0.861. The van der Waals surface area contributed by atoms with Crippen LogP contribution < -0.4 is 5.73 Å². The third-order valence-corrected chi connectivity index (χ3v) is 1.66. The van der Waals surface area contributed by atoms with E-state index in [1.54, 1.807) is 0 Å². The third kappa shape index (κ3) is 3.40. The van der Waals surface area contributed by atoms with Crippen LogP contribution in [0.25, 0.3) is 0 Å². The Morgan fingerprint density at radius 1 is 1.23 bits per heavy atom. The fraction of sp³-hybridized carbons (Fsp3) is 0.111. The summed E-state index contributed by atoms with van der Waals surface area (Å²) in [6.45, 7) is 1.89. The van der Waals surface area contributed by atoms with Crippen LogP contribution in [0.2, 0.25) is 0 Å². The van der Waals surface area contributed by atoms with Gasteiger partial charge in [-0.2, -0.15) is 0 Å². The van der Waals surface area contributed by atoms with E-state index in [4.69, 9.17) is 5.73 Å². The molecule has 3 nitrogen and oxygen atoms in total. The van der Waals surface area contributed by atoms with Crippen LogP contribution >= 0.6 is 0 Å². The first-order valence-electron chi connectivity index (χ1n) is 3.80. The zero-order valence-corrected chi connectivity index (χ0v) is 8.98. The van der Waals surface area contributed by atoms with Crippen molar-refractivity contribution in [1.29, 1.82) is 0 Å². The molecule has 0 atom stereocenters. The monoisotopic (exact) mass is 240 g/mol. The minimum absolute atomic E-state index is 0.343. The van der Waals surface area contributed by atoms with Crippen molar-refractivity contribution in [3.05, 3.63) is 35.9 Å². The molecule has 0 fully saturated rings. The molecular weight excluding hydrogens is 229 g/mol. The standard InChI is InChI=1S/C9H10N3Se/c1-7(11-12-9(10)13)8-5-3-2-4-6-8/h2-6H,1H3,(H2,10,12)/b11-7+. The SMILES string of the molecule is C/C(=N\N=C(N)[Se])c1ccccc1. The Bertz CT molecular complexity index is 326. The molecule has 67 valence electrons. The summed E-state index contributed by atoms with van der Waals surface area (Å²) in [6.07, 6.45) is 0. The van der Waals surface area contributed by atoms with E-state index in [0.29, 0.717) is 4.73 Å². The average Bonchev–Trinajstić information content (AvgIpc) is 2.15. The Labute approximate surface area is 85.6 Å². The molecule has 0 saturated carbocycles. The molecule has 0 amide bonds. The number of rotatable bonds is 2. The van der Waals surface area contributed by atoms with Gasteiger partial charge in [-0.15, -0.1) is 0 Å². The fourth-order valence-corrected chi connectivity index (χ4v) is 0.947. The van der Waals surface area contributed by atoms with Gasteiger partial charge >= 0.3 is 85.2 Å². The number of hydrogen-bond acceptors (Lipinski definition) is 2. The molecule has 1 aromatic rings. The summed E-state index contributed by atoms with van der Waals surface area (Å²) in [6, 6.07) is 9.83. The van der Waals surface area contributed by atoms with Crippen LogP contribution in [0.15, 0.2) is 40.5 Å². The predicted octanol–water partition coefficient (Wildman–Crippen LogP) is 0.894. The maximum atomic E-state index is 5.31. The second kappa shape index (κ2) is 4.80. The number of nitrogens with zero attached hydrogens (tertiary/aromatic N) is 2. The molecule has 0 unspecified atom stereocenters. The zero-order chi connectivity index (χ0) is 9.68. The average molecular weight is 239 g/mol. The van der Waals surface area contributed by atoms with E-state index < -0.39 is 0 Å². The van der Waals surface area contributed by atoms with Crippen molar-refractivity contribution in [2.45, 2.75) is 6.92 Å². The van der Waals surface area contributed by atoms with E-state index in [1.165, 1.54) is 0 Å². The zero-order valence-electron chi connectivity index (χ0n) is 7.27. The molecule has 0 aliphatic heterocycles. The Balaban J connectivity index is 2.86. The molecule has 1 rings (SSSR count). The van der Waals surface area contributed by atoms with Gasteiger partial charge in [0.05, 0.1) is 0 Å². The summed E-state index contributed by atoms with van der Waals surface area (Å²) in [5.74, 6) is 0. The van der Waals surface area contributed by atoms with Crippen molar-refractivity contribution >= 4 is 26.5 Å².